The van der Waals surface area contributed by atoms with Crippen molar-refractivity contribution in [1.29, 1.82) is 0 Å². The van der Waals surface area contributed by atoms with Gasteiger partial charge < -0.3 is 24.4 Å². The van der Waals surface area contributed by atoms with E-state index in [0.717, 1.165) is 4.90 Å². The summed E-state index contributed by atoms with van der Waals surface area (Å²) in [7, 11) is 5.89. The average Bonchev–Trinajstić information content (AvgIpc) is 2.80. The molecule has 1 aromatic rings. The van der Waals surface area contributed by atoms with Crippen LogP contribution >= 0.6 is 0 Å². The normalized spacial score (nSPS) is 14.0. The summed E-state index contributed by atoms with van der Waals surface area (Å²) < 4.78 is 15.6. The second-order valence-electron chi connectivity index (χ2n) is 5.08. The highest BCUT2D eigenvalue weighted by molar-refractivity contribution is 6.06. The van der Waals surface area contributed by atoms with Crippen LogP contribution in [0.2, 0.25) is 0 Å². The zero-order valence-electron chi connectivity index (χ0n) is 13.9. The lowest BCUT2D eigenvalue weighted by Gasteiger charge is -2.16. The van der Waals surface area contributed by atoms with E-state index in [4.69, 9.17) is 14.2 Å². The maximum Gasteiger partial charge on any atom is 0.327 e. The number of hydrogen-bond acceptors (Lipinski definition) is 6. The Balaban J connectivity index is 2.14. The first kappa shape index (κ1) is 17.4. The number of nitrogens with zero attached hydrogens (tertiary/aromatic N) is 2. The number of likely N-dealkylation sites (N-methyl/N-ethyl adjacent to an activating group) is 1. The Morgan fingerprint density at radius 1 is 1.12 bits per heavy atom. The molecular weight excluding hydrogens is 318 g/mol. The number of hydrogen-bond donors (Lipinski definition) is 1. The average molecular weight is 337 g/mol. The first-order valence-electron chi connectivity index (χ1n) is 7.06. The number of urea groups is 1. The Hall–Kier alpha value is -2.97. The lowest BCUT2D eigenvalue weighted by Crippen LogP contribution is -2.38. The maximum absolute atomic E-state index is 12.1. The van der Waals surface area contributed by atoms with Gasteiger partial charge in [0.05, 0.1) is 21.3 Å². The van der Waals surface area contributed by atoms with Gasteiger partial charge in [-0.25, -0.2) is 4.79 Å². The van der Waals surface area contributed by atoms with Gasteiger partial charge in [-0.3, -0.25) is 14.5 Å². The van der Waals surface area contributed by atoms with Gasteiger partial charge >= 0.3 is 6.03 Å². The number of anilines is 1. The molecule has 9 heteroatoms. The van der Waals surface area contributed by atoms with Crippen LogP contribution in [0.25, 0.3) is 0 Å². The number of carbonyl (C=O) groups excluding carboxylic acids is 3. The number of nitrogens with one attached hydrogen (secondary N) is 1. The minimum atomic E-state index is -0.513. The Morgan fingerprint density at radius 2 is 1.71 bits per heavy atom. The quantitative estimate of drug-likeness (QED) is 0.761. The number of methoxy groups -OCH3 is 3. The van der Waals surface area contributed by atoms with Crippen molar-refractivity contribution >= 4 is 23.5 Å². The third kappa shape index (κ3) is 3.34. The van der Waals surface area contributed by atoms with Crippen molar-refractivity contribution in [3.8, 4) is 17.2 Å². The molecule has 0 radical (unpaired) electrons. The molecular formula is C15H19N3O6. The van der Waals surface area contributed by atoms with E-state index in [0.29, 0.717) is 22.9 Å². The molecule has 1 N–H and O–H groups in total. The fraction of sp³-hybridized carbons (Fsp3) is 0.400. The largest absolute Gasteiger partial charge is 0.493 e. The van der Waals surface area contributed by atoms with Gasteiger partial charge in [-0.05, 0) is 0 Å². The number of rotatable bonds is 6. The van der Waals surface area contributed by atoms with Crippen LogP contribution in [0.1, 0.15) is 0 Å². The third-order valence-corrected chi connectivity index (χ3v) is 3.48. The van der Waals surface area contributed by atoms with E-state index in [9.17, 15) is 14.4 Å². The predicted octanol–water partition coefficient (Wildman–Crippen LogP) is 0.545. The summed E-state index contributed by atoms with van der Waals surface area (Å²) in [5.74, 6) is 0.216. The predicted molar refractivity (Wildman–Crippen MR) is 84.5 cm³/mol. The van der Waals surface area contributed by atoms with Gasteiger partial charge in [0.2, 0.25) is 11.7 Å². The SMILES string of the molecule is COc1cc(NC(=O)CN2C(=O)CN(C)C2=O)cc(OC)c1OC. The molecule has 9 nitrogen and oxygen atoms in total. The van der Waals surface area contributed by atoms with E-state index >= 15 is 0 Å². The molecule has 2 rings (SSSR count). The minimum Gasteiger partial charge on any atom is -0.493 e. The van der Waals surface area contributed by atoms with Crippen molar-refractivity contribution < 1.29 is 28.6 Å². The monoisotopic (exact) mass is 337 g/mol. The van der Waals surface area contributed by atoms with Gasteiger partial charge in [0.1, 0.15) is 13.1 Å². The minimum absolute atomic E-state index is 0.0315. The first-order valence-corrected chi connectivity index (χ1v) is 7.06. The van der Waals surface area contributed by atoms with Crippen molar-refractivity contribution in [1.82, 2.24) is 9.80 Å². The molecule has 1 heterocycles. The Kier molecular flexibility index (Phi) is 5.12. The molecule has 0 unspecified atom stereocenters. The van der Waals surface area contributed by atoms with Crippen LogP contribution in [0.4, 0.5) is 10.5 Å². The van der Waals surface area contributed by atoms with Gasteiger partial charge in [-0.2, -0.15) is 0 Å². The van der Waals surface area contributed by atoms with E-state index < -0.39 is 17.8 Å². The second kappa shape index (κ2) is 7.07. The van der Waals surface area contributed by atoms with Crippen molar-refractivity contribution in [3.63, 3.8) is 0 Å². The Labute approximate surface area is 139 Å². The van der Waals surface area contributed by atoms with Gasteiger partial charge in [-0.15, -0.1) is 0 Å². The van der Waals surface area contributed by atoms with Crippen LogP contribution in [0.5, 0.6) is 17.2 Å². The highest BCUT2D eigenvalue weighted by Gasteiger charge is 2.34. The summed E-state index contributed by atoms with van der Waals surface area (Å²) in [6.45, 7) is -0.394. The molecule has 0 saturated carbocycles. The smallest absolute Gasteiger partial charge is 0.327 e. The number of carbonyl (C=O) groups is 3. The van der Waals surface area contributed by atoms with Gasteiger partial charge in [-0.1, -0.05) is 0 Å². The van der Waals surface area contributed by atoms with Crippen LogP contribution in [0.15, 0.2) is 12.1 Å². The summed E-state index contributed by atoms with van der Waals surface area (Å²) in [5.41, 5.74) is 0.391. The molecule has 0 spiro atoms. The lowest BCUT2D eigenvalue weighted by atomic mass is 10.2. The van der Waals surface area contributed by atoms with E-state index in [1.54, 1.807) is 12.1 Å². The maximum atomic E-state index is 12.1. The van der Waals surface area contributed by atoms with E-state index in [2.05, 4.69) is 5.32 Å². The summed E-state index contributed by atoms with van der Waals surface area (Å²) in [6.07, 6.45) is 0. The van der Waals surface area contributed by atoms with Crippen LogP contribution in [-0.2, 0) is 9.59 Å². The molecule has 4 amide bonds. The third-order valence-electron chi connectivity index (χ3n) is 3.48. The summed E-state index contributed by atoms with van der Waals surface area (Å²) in [4.78, 5) is 37.7. The molecule has 1 fully saturated rings. The number of ether oxygens (including phenoxy) is 3. The molecule has 0 aliphatic carbocycles. The number of benzene rings is 1. The molecule has 0 aromatic heterocycles. The van der Waals surface area contributed by atoms with E-state index in [1.807, 2.05) is 0 Å². The molecule has 0 atom stereocenters. The van der Waals surface area contributed by atoms with Crippen LogP contribution in [0.3, 0.4) is 0 Å². The highest BCUT2D eigenvalue weighted by atomic mass is 16.5. The molecule has 1 aliphatic heterocycles. The molecule has 1 saturated heterocycles. The molecule has 0 bridgehead atoms. The second-order valence-corrected chi connectivity index (χ2v) is 5.08. The van der Waals surface area contributed by atoms with E-state index in [1.165, 1.54) is 33.3 Å². The molecule has 130 valence electrons. The fourth-order valence-corrected chi connectivity index (χ4v) is 2.32. The molecule has 1 aliphatic rings. The van der Waals surface area contributed by atoms with Crippen molar-refractivity contribution in [3.05, 3.63) is 12.1 Å². The van der Waals surface area contributed by atoms with Crippen LogP contribution in [0, 0.1) is 0 Å². The summed E-state index contributed by atoms with van der Waals surface area (Å²) in [6, 6.07) is 2.61. The molecule has 1 aromatic carbocycles. The van der Waals surface area contributed by atoms with Gasteiger partial charge in [0.25, 0.3) is 5.91 Å². The Bertz CT molecular complexity index is 650. The summed E-state index contributed by atoms with van der Waals surface area (Å²) in [5, 5.41) is 2.61. The first-order chi connectivity index (χ1) is 11.4. The highest BCUT2D eigenvalue weighted by Crippen LogP contribution is 2.39. The van der Waals surface area contributed by atoms with Crippen LogP contribution < -0.4 is 19.5 Å². The van der Waals surface area contributed by atoms with E-state index in [-0.39, 0.29) is 13.1 Å². The topological polar surface area (TPSA) is 97.4 Å². The van der Waals surface area contributed by atoms with Crippen molar-refractivity contribution in [2.24, 2.45) is 0 Å². The zero-order chi connectivity index (χ0) is 17.9. The van der Waals surface area contributed by atoms with Gasteiger partial charge in [0.15, 0.2) is 11.5 Å². The zero-order valence-corrected chi connectivity index (χ0v) is 13.9. The van der Waals surface area contributed by atoms with Crippen LogP contribution in [-0.4, -0.2) is 69.1 Å². The summed E-state index contributed by atoms with van der Waals surface area (Å²) >= 11 is 0. The van der Waals surface area contributed by atoms with Gasteiger partial charge in [0, 0.05) is 24.9 Å². The number of amides is 4. The standard InChI is InChI=1S/C15H19N3O6/c1-17-8-13(20)18(15(17)21)7-12(19)16-9-5-10(22-2)14(24-4)11(6-9)23-3/h5-6H,7-8H2,1-4H3,(H,16,19). The molecule has 24 heavy (non-hydrogen) atoms. The fourth-order valence-electron chi connectivity index (χ4n) is 2.32. The van der Waals surface area contributed by atoms with Crippen molar-refractivity contribution in [2.75, 3.05) is 46.8 Å². The number of imide groups is 1. The van der Waals surface area contributed by atoms with Crippen molar-refractivity contribution in [2.45, 2.75) is 0 Å². The lowest BCUT2D eigenvalue weighted by molar-refractivity contribution is -0.129. The Morgan fingerprint density at radius 3 is 2.12 bits per heavy atom.